The summed E-state index contributed by atoms with van der Waals surface area (Å²) in [6, 6.07) is 25.6. The number of carbonyl (C=O) groups excluding carboxylic acids is 1. The lowest BCUT2D eigenvalue weighted by Gasteiger charge is -2.51. The molecule has 0 aromatic heterocycles. The van der Waals surface area contributed by atoms with Crippen LogP contribution in [-0.2, 0) is 18.6 Å². The average molecular weight is 564 g/mol. The molecule has 2 amide bonds. The predicted octanol–water partition coefficient (Wildman–Crippen LogP) is 5.65. The van der Waals surface area contributed by atoms with E-state index in [0.717, 1.165) is 36.8 Å². The van der Waals surface area contributed by atoms with Gasteiger partial charge in [-0.2, -0.15) is 10.5 Å². The minimum absolute atomic E-state index is 0.0686. The molecular formula is C34H37N5O3. The summed E-state index contributed by atoms with van der Waals surface area (Å²) in [6.07, 6.45) is 3.42. The highest BCUT2D eigenvalue weighted by atomic mass is 16.5. The molecule has 0 atom stereocenters. The van der Waals surface area contributed by atoms with E-state index in [1.165, 1.54) is 5.56 Å². The summed E-state index contributed by atoms with van der Waals surface area (Å²) in [7, 11) is 7.49. The van der Waals surface area contributed by atoms with Crippen molar-refractivity contribution in [2.24, 2.45) is 0 Å². The van der Waals surface area contributed by atoms with Crippen molar-refractivity contribution in [1.82, 2.24) is 14.7 Å². The van der Waals surface area contributed by atoms with Gasteiger partial charge in [0, 0.05) is 23.2 Å². The van der Waals surface area contributed by atoms with Crippen molar-refractivity contribution in [2.75, 3.05) is 34.9 Å². The molecular weight excluding hydrogens is 526 g/mol. The maximum absolute atomic E-state index is 14.3. The standard InChI is InChI=1S/C34H37N5O3/c1-37(2)34(29-8-6-5-7-9-29)16-14-33(15-17-34)24-38(22-27-18-25(20-35)10-12-30(27)41-3)32(40)39(33)23-28-19-26(21-36)11-13-31(28)42-4/h5-13,18-19H,14-17,22-24H2,1-4H3/t33-,34-. The van der Waals surface area contributed by atoms with E-state index in [9.17, 15) is 15.3 Å². The van der Waals surface area contributed by atoms with Crippen LogP contribution in [0.5, 0.6) is 11.5 Å². The number of amides is 2. The Morgan fingerprint density at radius 2 is 1.36 bits per heavy atom. The fourth-order valence-corrected chi connectivity index (χ4v) is 6.86. The number of urea groups is 1. The van der Waals surface area contributed by atoms with E-state index in [2.05, 4.69) is 55.4 Å². The number of hydrogen-bond donors (Lipinski definition) is 0. The Morgan fingerprint density at radius 3 is 1.86 bits per heavy atom. The summed E-state index contributed by atoms with van der Waals surface area (Å²) in [5.74, 6) is 1.30. The highest BCUT2D eigenvalue weighted by molar-refractivity contribution is 5.78. The lowest BCUT2D eigenvalue weighted by molar-refractivity contribution is 0.0219. The third kappa shape index (κ3) is 5.15. The van der Waals surface area contributed by atoms with E-state index < -0.39 is 5.54 Å². The Morgan fingerprint density at radius 1 is 0.810 bits per heavy atom. The fraction of sp³-hybridized carbons (Fsp3) is 0.382. The van der Waals surface area contributed by atoms with Crippen molar-refractivity contribution < 1.29 is 14.3 Å². The van der Waals surface area contributed by atoms with Crippen LogP contribution in [0.15, 0.2) is 66.7 Å². The molecule has 0 radical (unpaired) electrons. The molecule has 8 nitrogen and oxygen atoms in total. The first-order valence-corrected chi connectivity index (χ1v) is 14.2. The Balaban J connectivity index is 1.52. The van der Waals surface area contributed by atoms with E-state index in [0.29, 0.717) is 42.3 Å². The molecule has 2 aliphatic rings. The van der Waals surface area contributed by atoms with E-state index in [4.69, 9.17) is 9.47 Å². The zero-order valence-electron chi connectivity index (χ0n) is 24.8. The van der Waals surface area contributed by atoms with Crippen molar-refractivity contribution in [3.8, 4) is 23.6 Å². The summed E-state index contributed by atoms with van der Waals surface area (Å²) >= 11 is 0. The zero-order chi connectivity index (χ0) is 29.9. The molecule has 1 saturated carbocycles. The molecule has 5 rings (SSSR count). The van der Waals surface area contributed by atoms with Crippen LogP contribution in [0, 0.1) is 22.7 Å². The van der Waals surface area contributed by atoms with Crippen LogP contribution in [0.3, 0.4) is 0 Å². The van der Waals surface area contributed by atoms with Gasteiger partial charge in [-0.3, -0.25) is 4.90 Å². The minimum Gasteiger partial charge on any atom is -0.496 e. The van der Waals surface area contributed by atoms with Crippen molar-refractivity contribution in [3.05, 3.63) is 94.5 Å². The summed E-state index contributed by atoms with van der Waals surface area (Å²) in [6.45, 7) is 1.23. The first-order valence-electron chi connectivity index (χ1n) is 14.2. The second-order valence-electron chi connectivity index (χ2n) is 11.5. The molecule has 3 aromatic rings. The summed E-state index contributed by atoms with van der Waals surface area (Å²) in [5.41, 5.74) is 3.42. The molecule has 0 N–H and O–H groups in total. The highest BCUT2D eigenvalue weighted by Crippen LogP contribution is 2.50. The molecule has 216 valence electrons. The third-order valence-corrected chi connectivity index (χ3v) is 9.24. The molecule has 1 aliphatic heterocycles. The van der Waals surface area contributed by atoms with Crippen molar-refractivity contribution in [3.63, 3.8) is 0 Å². The molecule has 1 saturated heterocycles. The normalized spacial score (nSPS) is 21.8. The third-order valence-electron chi connectivity index (χ3n) is 9.24. The van der Waals surface area contributed by atoms with Crippen LogP contribution in [0.4, 0.5) is 4.79 Å². The highest BCUT2D eigenvalue weighted by Gasteiger charge is 2.54. The van der Waals surface area contributed by atoms with E-state index in [1.54, 1.807) is 44.6 Å². The molecule has 1 heterocycles. The van der Waals surface area contributed by atoms with Crippen LogP contribution >= 0.6 is 0 Å². The number of hydrogen-bond acceptors (Lipinski definition) is 6. The molecule has 2 fully saturated rings. The number of nitriles is 2. The minimum atomic E-state index is -0.404. The van der Waals surface area contributed by atoms with Crippen LogP contribution < -0.4 is 9.47 Å². The molecule has 1 aliphatic carbocycles. The van der Waals surface area contributed by atoms with Gasteiger partial charge in [0.25, 0.3) is 0 Å². The second kappa shape index (κ2) is 11.8. The van der Waals surface area contributed by atoms with Crippen LogP contribution in [0.25, 0.3) is 0 Å². The van der Waals surface area contributed by atoms with E-state index in [-0.39, 0.29) is 11.6 Å². The SMILES string of the molecule is COc1ccc(C#N)cc1CN1C[C@]2(CC[C@@](c3ccccc3)(N(C)C)CC2)N(Cc2cc(C#N)ccc2OC)C1=O. The zero-order valence-corrected chi connectivity index (χ0v) is 24.8. The van der Waals surface area contributed by atoms with Gasteiger partial charge in [-0.1, -0.05) is 30.3 Å². The van der Waals surface area contributed by atoms with Crippen LogP contribution in [0.2, 0.25) is 0 Å². The quantitative estimate of drug-likeness (QED) is 0.351. The van der Waals surface area contributed by atoms with Gasteiger partial charge >= 0.3 is 6.03 Å². The molecule has 8 heteroatoms. The Bertz CT molecular complexity index is 1530. The van der Waals surface area contributed by atoms with Crippen LogP contribution in [0.1, 0.15) is 53.5 Å². The van der Waals surface area contributed by atoms with Gasteiger partial charge in [0.1, 0.15) is 11.5 Å². The molecule has 0 unspecified atom stereocenters. The number of carbonyl (C=O) groups is 1. The number of nitrogens with zero attached hydrogens (tertiary/aromatic N) is 5. The van der Waals surface area contributed by atoms with E-state index in [1.807, 2.05) is 21.9 Å². The van der Waals surface area contributed by atoms with Crippen molar-refractivity contribution >= 4 is 6.03 Å². The lowest BCUT2D eigenvalue weighted by Crippen LogP contribution is -2.55. The Labute approximate surface area is 248 Å². The lowest BCUT2D eigenvalue weighted by atomic mass is 9.68. The van der Waals surface area contributed by atoms with Gasteiger partial charge in [-0.25, -0.2) is 4.79 Å². The first-order chi connectivity index (χ1) is 20.3. The second-order valence-corrected chi connectivity index (χ2v) is 11.5. The Kier molecular flexibility index (Phi) is 8.11. The van der Waals surface area contributed by atoms with Gasteiger partial charge in [0.15, 0.2) is 0 Å². The monoisotopic (exact) mass is 563 g/mol. The van der Waals surface area contributed by atoms with Crippen LogP contribution in [-0.4, -0.2) is 61.1 Å². The first kappa shape index (κ1) is 29.0. The van der Waals surface area contributed by atoms with Gasteiger partial charge in [0.2, 0.25) is 0 Å². The molecule has 0 bridgehead atoms. The summed E-state index contributed by atoms with van der Waals surface area (Å²) in [4.78, 5) is 20.5. The topological polar surface area (TPSA) is 92.8 Å². The van der Waals surface area contributed by atoms with Gasteiger partial charge in [-0.05, 0) is 81.7 Å². The number of ether oxygens (including phenoxy) is 2. The maximum atomic E-state index is 14.3. The number of methoxy groups -OCH3 is 2. The predicted molar refractivity (Wildman–Crippen MR) is 160 cm³/mol. The number of benzene rings is 3. The maximum Gasteiger partial charge on any atom is 0.321 e. The molecule has 3 aromatic carbocycles. The Hall–Kier alpha value is -4.53. The molecule has 42 heavy (non-hydrogen) atoms. The fourth-order valence-electron chi connectivity index (χ4n) is 6.86. The summed E-state index contributed by atoms with van der Waals surface area (Å²) < 4.78 is 11.2. The van der Waals surface area contributed by atoms with Gasteiger partial charge < -0.3 is 19.3 Å². The smallest absolute Gasteiger partial charge is 0.321 e. The van der Waals surface area contributed by atoms with E-state index >= 15 is 0 Å². The van der Waals surface area contributed by atoms with Gasteiger partial charge in [0.05, 0.1) is 56.1 Å². The van der Waals surface area contributed by atoms with Gasteiger partial charge in [-0.15, -0.1) is 0 Å². The van der Waals surface area contributed by atoms with Crippen molar-refractivity contribution in [1.29, 1.82) is 10.5 Å². The number of rotatable bonds is 8. The summed E-state index contributed by atoms with van der Waals surface area (Å²) in [5, 5.41) is 19.1. The van der Waals surface area contributed by atoms with Crippen molar-refractivity contribution in [2.45, 2.75) is 49.9 Å². The average Bonchev–Trinajstić information content (AvgIpc) is 3.26. The molecule has 1 spiro atoms. The largest absolute Gasteiger partial charge is 0.496 e.